The minimum atomic E-state index is -0.881. The molecule has 8 heteroatoms. The van der Waals surface area contributed by atoms with Crippen LogP contribution < -0.4 is 16.4 Å². The minimum Gasteiger partial charge on any atom is -0.448 e. The highest BCUT2D eigenvalue weighted by molar-refractivity contribution is 5.87. The number of hydrogen-bond acceptors (Lipinski definition) is 5. The first-order valence-corrected chi connectivity index (χ1v) is 4.42. The number of aromatic nitrogens is 2. The maximum Gasteiger partial charge on any atom is 0.404 e. The van der Waals surface area contributed by atoms with Crippen LogP contribution in [-0.2, 0) is 4.74 Å². The van der Waals surface area contributed by atoms with E-state index >= 15 is 0 Å². The molecule has 0 fully saturated rings. The van der Waals surface area contributed by atoms with E-state index in [2.05, 4.69) is 25.3 Å². The SMILES string of the molecule is NC(=O)OCCNC(=O)Nc1ncccn1. The van der Waals surface area contributed by atoms with Gasteiger partial charge in [0.2, 0.25) is 5.95 Å². The lowest BCUT2D eigenvalue weighted by molar-refractivity contribution is 0.157. The number of nitrogens with two attached hydrogens (primary N) is 1. The highest BCUT2D eigenvalue weighted by atomic mass is 16.5. The van der Waals surface area contributed by atoms with Gasteiger partial charge in [-0.3, -0.25) is 5.32 Å². The zero-order valence-electron chi connectivity index (χ0n) is 8.34. The number of rotatable bonds is 4. The molecule has 86 valence electrons. The Morgan fingerprint density at radius 1 is 1.38 bits per heavy atom. The lowest BCUT2D eigenvalue weighted by Crippen LogP contribution is -2.33. The normalized spacial score (nSPS) is 9.25. The number of urea groups is 1. The third-order valence-electron chi connectivity index (χ3n) is 1.42. The molecule has 0 aliphatic rings. The monoisotopic (exact) mass is 225 g/mol. The van der Waals surface area contributed by atoms with Crippen molar-refractivity contribution in [2.75, 3.05) is 18.5 Å². The van der Waals surface area contributed by atoms with Crippen LogP contribution in [0.5, 0.6) is 0 Å². The Labute approximate surface area is 91.2 Å². The van der Waals surface area contributed by atoms with Crippen molar-refractivity contribution in [1.29, 1.82) is 0 Å². The fourth-order valence-corrected chi connectivity index (χ4v) is 0.826. The molecule has 1 heterocycles. The highest BCUT2D eigenvalue weighted by Gasteiger charge is 2.02. The van der Waals surface area contributed by atoms with E-state index in [1.165, 1.54) is 12.4 Å². The van der Waals surface area contributed by atoms with Gasteiger partial charge in [-0.25, -0.2) is 19.6 Å². The van der Waals surface area contributed by atoms with Gasteiger partial charge in [-0.2, -0.15) is 0 Å². The van der Waals surface area contributed by atoms with Crippen molar-refractivity contribution in [3.8, 4) is 0 Å². The number of carbonyl (C=O) groups is 2. The van der Waals surface area contributed by atoms with Crippen LogP contribution in [0.3, 0.4) is 0 Å². The number of nitrogens with zero attached hydrogens (tertiary/aromatic N) is 2. The Hall–Kier alpha value is -2.38. The summed E-state index contributed by atoms with van der Waals surface area (Å²) in [7, 11) is 0. The van der Waals surface area contributed by atoms with Crippen LogP contribution in [0.25, 0.3) is 0 Å². The molecule has 4 N–H and O–H groups in total. The molecule has 0 unspecified atom stereocenters. The highest BCUT2D eigenvalue weighted by Crippen LogP contribution is 1.92. The summed E-state index contributed by atoms with van der Waals surface area (Å²) in [5.74, 6) is 0.191. The summed E-state index contributed by atoms with van der Waals surface area (Å²) in [6, 6.07) is 1.14. The fourth-order valence-electron chi connectivity index (χ4n) is 0.826. The van der Waals surface area contributed by atoms with Crippen LogP contribution in [0.15, 0.2) is 18.5 Å². The summed E-state index contributed by atoms with van der Waals surface area (Å²) >= 11 is 0. The van der Waals surface area contributed by atoms with Crippen molar-refractivity contribution < 1.29 is 14.3 Å². The zero-order valence-corrected chi connectivity index (χ0v) is 8.34. The summed E-state index contributed by atoms with van der Waals surface area (Å²) < 4.78 is 4.41. The molecule has 8 nitrogen and oxygen atoms in total. The molecule has 3 amide bonds. The molecule has 0 radical (unpaired) electrons. The van der Waals surface area contributed by atoms with Gasteiger partial charge < -0.3 is 15.8 Å². The van der Waals surface area contributed by atoms with E-state index in [4.69, 9.17) is 5.73 Å². The van der Waals surface area contributed by atoms with Gasteiger partial charge in [-0.1, -0.05) is 0 Å². The van der Waals surface area contributed by atoms with E-state index in [0.717, 1.165) is 0 Å². The first-order valence-electron chi connectivity index (χ1n) is 4.42. The van der Waals surface area contributed by atoms with E-state index in [-0.39, 0.29) is 19.1 Å². The van der Waals surface area contributed by atoms with Crippen molar-refractivity contribution in [2.24, 2.45) is 5.73 Å². The van der Waals surface area contributed by atoms with Gasteiger partial charge in [0.1, 0.15) is 6.61 Å². The molecular weight excluding hydrogens is 214 g/mol. The molecule has 16 heavy (non-hydrogen) atoms. The number of primary amides is 1. The van der Waals surface area contributed by atoms with Crippen molar-refractivity contribution in [2.45, 2.75) is 0 Å². The summed E-state index contributed by atoms with van der Waals surface area (Å²) in [5, 5.41) is 4.81. The maximum atomic E-state index is 11.2. The number of amides is 3. The van der Waals surface area contributed by atoms with Crippen molar-refractivity contribution >= 4 is 18.1 Å². The number of ether oxygens (including phenoxy) is 1. The van der Waals surface area contributed by atoms with Gasteiger partial charge in [-0.05, 0) is 6.07 Å². The molecule has 0 saturated carbocycles. The molecule has 1 rings (SSSR count). The van der Waals surface area contributed by atoms with Crippen LogP contribution in [0, 0.1) is 0 Å². The minimum absolute atomic E-state index is 0.0123. The predicted octanol–water partition coefficient (Wildman–Crippen LogP) is -0.307. The van der Waals surface area contributed by atoms with Crippen molar-refractivity contribution in [3.05, 3.63) is 18.5 Å². The second-order valence-electron chi connectivity index (χ2n) is 2.62. The average molecular weight is 225 g/mol. The topological polar surface area (TPSA) is 119 Å². The van der Waals surface area contributed by atoms with Gasteiger partial charge >= 0.3 is 12.1 Å². The van der Waals surface area contributed by atoms with Crippen LogP contribution in [0.1, 0.15) is 0 Å². The Balaban J connectivity index is 2.19. The van der Waals surface area contributed by atoms with Gasteiger partial charge in [0.15, 0.2) is 0 Å². The molecule has 0 spiro atoms. The van der Waals surface area contributed by atoms with E-state index in [9.17, 15) is 9.59 Å². The van der Waals surface area contributed by atoms with Gasteiger partial charge in [0.25, 0.3) is 0 Å². The maximum absolute atomic E-state index is 11.2. The first kappa shape index (κ1) is 11.7. The van der Waals surface area contributed by atoms with E-state index in [1.807, 2.05) is 0 Å². The predicted molar refractivity (Wildman–Crippen MR) is 54.6 cm³/mol. The second-order valence-corrected chi connectivity index (χ2v) is 2.62. The molecular formula is C8H11N5O3. The van der Waals surface area contributed by atoms with Gasteiger partial charge in [0.05, 0.1) is 6.54 Å². The summed E-state index contributed by atoms with van der Waals surface area (Å²) in [5.41, 5.74) is 4.72. The first-order chi connectivity index (χ1) is 7.68. The van der Waals surface area contributed by atoms with Crippen LogP contribution in [0.4, 0.5) is 15.5 Å². The molecule has 0 aromatic carbocycles. The molecule has 0 aliphatic heterocycles. The van der Waals surface area contributed by atoms with Crippen LogP contribution in [0.2, 0.25) is 0 Å². The Bertz CT molecular complexity index is 356. The summed E-state index contributed by atoms with van der Waals surface area (Å²) in [6.07, 6.45) is 2.12. The summed E-state index contributed by atoms with van der Waals surface area (Å²) in [4.78, 5) is 28.9. The fraction of sp³-hybridized carbons (Fsp3) is 0.250. The van der Waals surface area contributed by atoms with Crippen LogP contribution in [-0.4, -0.2) is 35.2 Å². The lowest BCUT2D eigenvalue weighted by Gasteiger charge is -2.05. The Kier molecular flexibility index (Phi) is 4.51. The Morgan fingerprint density at radius 3 is 2.69 bits per heavy atom. The molecule has 0 atom stereocenters. The van der Waals surface area contributed by atoms with Crippen molar-refractivity contribution in [3.63, 3.8) is 0 Å². The molecule has 0 bridgehead atoms. The molecule has 1 aromatic heterocycles. The third-order valence-corrected chi connectivity index (χ3v) is 1.42. The van der Waals surface area contributed by atoms with E-state index < -0.39 is 12.1 Å². The number of anilines is 1. The number of nitrogens with one attached hydrogen (secondary N) is 2. The second kappa shape index (κ2) is 6.17. The van der Waals surface area contributed by atoms with Gasteiger partial charge in [-0.15, -0.1) is 0 Å². The van der Waals surface area contributed by atoms with E-state index in [1.54, 1.807) is 6.07 Å². The smallest absolute Gasteiger partial charge is 0.404 e. The van der Waals surface area contributed by atoms with Crippen LogP contribution >= 0.6 is 0 Å². The van der Waals surface area contributed by atoms with Gasteiger partial charge in [0, 0.05) is 12.4 Å². The molecule has 0 aliphatic carbocycles. The third kappa shape index (κ3) is 4.74. The Morgan fingerprint density at radius 2 is 2.06 bits per heavy atom. The largest absolute Gasteiger partial charge is 0.448 e. The lowest BCUT2D eigenvalue weighted by atomic mass is 10.6. The zero-order chi connectivity index (χ0) is 11.8. The summed E-state index contributed by atoms with van der Waals surface area (Å²) in [6.45, 7) is 0.167. The molecule has 0 saturated heterocycles. The number of hydrogen-bond donors (Lipinski definition) is 3. The standard InChI is InChI=1S/C8H11N5O3/c9-6(14)16-5-4-12-8(15)13-7-10-2-1-3-11-7/h1-3H,4-5H2,(H2,9,14)(H2,10,11,12,13,15). The quantitative estimate of drug-likeness (QED) is 0.607. The van der Waals surface area contributed by atoms with E-state index in [0.29, 0.717) is 0 Å². The average Bonchev–Trinajstić information content (AvgIpc) is 2.25. The van der Waals surface area contributed by atoms with Crippen molar-refractivity contribution in [1.82, 2.24) is 15.3 Å². The molecule has 1 aromatic rings. The number of carbonyl (C=O) groups excluding carboxylic acids is 2.